The van der Waals surface area contributed by atoms with Crippen molar-refractivity contribution in [3.05, 3.63) is 0 Å². The van der Waals surface area contributed by atoms with E-state index >= 15 is 0 Å². The molecule has 7 N–H and O–H groups in total. The molecule has 0 aliphatic carbocycles. The van der Waals surface area contributed by atoms with E-state index in [-0.39, 0.29) is 18.7 Å². The third kappa shape index (κ3) is 22.8. The number of unbranched alkanes of at least 4 members (excludes halogenated alkanes) is 9. The summed E-state index contributed by atoms with van der Waals surface area (Å²) in [5.74, 6) is -1.77. The molecule has 0 bridgehead atoms. The summed E-state index contributed by atoms with van der Waals surface area (Å²) in [5.41, 5.74) is 0. The lowest BCUT2D eigenvalue weighted by Gasteiger charge is -2.05. The molecule has 26 heavy (non-hydrogen) atoms. The van der Waals surface area contributed by atoms with Gasteiger partial charge in [-0.15, -0.1) is 0 Å². The van der Waals surface area contributed by atoms with E-state index in [0.29, 0.717) is 6.61 Å². The average Bonchev–Trinajstić information content (AvgIpc) is 2.49. The maximum Gasteiger partial charge on any atom is 0.448 e. The van der Waals surface area contributed by atoms with Crippen molar-refractivity contribution in [2.75, 3.05) is 6.61 Å². The summed E-state index contributed by atoms with van der Waals surface area (Å²) in [4.78, 5) is 22.3. The Balaban J connectivity index is -0.00000264. The molecule has 10 heteroatoms. The van der Waals surface area contributed by atoms with Crippen molar-refractivity contribution >= 4 is 22.3 Å². The molecule has 0 unspecified atom stereocenters. The fraction of sp³-hybridized carbons (Fsp3) is 0.875. The second-order valence-electron chi connectivity index (χ2n) is 5.79. The van der Waals surface area contributed by atoms with Gasteiger partial charge in [-0.25, -0.2) is 0 Å². The maximum atomic E-state index is 11.3. The number of esters is 1. The average molecular weight is 401 g/mol. The molecule has 0 aliphatic heterocycles. The lowest BCUT2D eigenvalue weighted by Crippen LogP contribution is -2.14. The van der Waals surface area contributed by atoms with Gasteiger partial charge in [0.2, 0.25) is 0 Å². The summed E-state index contributed by atoms with van der Waals surface area (Å²) >= 11 is 0. The highest BCUT2D eigenvalue weighted by molar-refractivity contribution is 7.81. The Morgan fingerprint density at radius 2 is 1.19 bits per heavy atom. The molecular formula is C16H36N2O7S. The van der Waals surface area contributed by atoms with Gasteiger partial charge in [-0.2, -0.15) is 8.42 Å². The summed E-state index contributed by atoms with van der Waals surface area (Å²) in [6.45, 7) is 2.50. The van der Waals surface area contributed by atoms with Gasteiger partial charge in [0.15, 0.2) is 0 Å². The predicted molar refractivity (Wildman–Crippen MR) is 99.7 cm³/mol. The first kappa shape index (κ1) is 29.5. The van der Waals surface area contributed by atoms with Crippen LogP contribution in [0.15, 0.2) is 0 Å². The van der Waals surface area contributed by atoms with Crippen LogP contribution >= 0.6 is 0 Å². The van der Waals surface area contributed by atoms with Gasteiger partial charge in [0, 0.05) is 0 Å². The van der Waals surface area contributed by atoms with Gasteiger partial charge in [-0.1, -0.05) is 64.7 Å². The van der Waals surface area contributed by atoms with Crippen LogP contribution in [0.4, 0.5) is 0 Å². The number of ether oxygens (including phenoxy) is 1. The summed E-state index contributed by atoms with van der Waals surface area (Å²) in [6.07, 6.45) is 11.1. The number of rotatable bonds is 15. The van der Waals surface area contributed by atoms with Crippen molar-refractivity contribution in [1.29, 1.82) is 0 Å². The summed E-state index contributed by atoms with van der Waals surface area (Å²) in [6, 6.07) is 0. The SMILES string of the molecule is CCCCCCCCCCCCOC(=O)CCC(=O)OS(=O)(=O)O.N.N. The van der Waals surface area contributed by atoms with E-state index in [1.807, 2.05) is 0 Å². The molecule has 0 heterocycles. The minimum absolute atomic E-state index is 0. The molecule has 0 radical (unpaired) electrons. The Kier molecular flexibility index (Phi) is 21.1. The van der Waals surface area contributed by atoms with Gasteiger partial charge in [0.25, 0.3) is 0 Å². The molecule has 0 aromatic rings. The minimum Gasteiger partial charge on any atom is -0.466 e. The Bertz CT molecular complexity index is 456. The van der Waals surface area contributed by atoms with Gasteiger partial charge in [-0.05, 0) is 6.42 Å². The maximum absolute atomic E-state index is 11.3. The van der Waals surface area contributed by atoms with E-state index in [4.69, 9.17) is 9.29 Å². The van der Waals surface area contributed by atoms with Crippen LogP contribution in [-0.4, -0.2) is 31.5 Å². The lowest BCUT2D eigenvalue weighted by atomic mass is 10.1. The normalized spacial score (nSPS) is 10.4. The van der Waals surface area contributed by atoms with Crippen LogP contribution in [0.25, 0.3) is 0 Å². The van der Waals surface area contributed by atoms with E-state index in [1.54, 1.807) is 0 Å². The van der Waals surface area contributed by atoms with E-state index in [9.17, 15) is 18.0 Å². The van der Waals surface area contributed by atoms with E-state index in [1.165, 1.54) is 44.9 Å². The second kappa shape index (κ2) is 18.6. The Hall–Kier alpha value is -1.23. The smallest absolute Gasteiger partial charge is 0.448 e. The van der Waals surface area contributed by atoms with Crippen LogP contribution in [0, 0.1) is 0 Å². The number of hydrogen-bond donors (Lipinski definition) is 3. The molecule has 0 aromatic carbocycles. The Labute approximate surface area is 157 Å². The molecule has 0 aromatic heterocycles. The molecule has 0 saturated heterocycles. The van der Waals surface area contributed by atoms with Gasteiger partial charge in [0.1, 0.15) is 0 Å². The van der Waals surface area contributed by atoms with E-state index in [2.05, 4.69) is 11.1 Å². The molecule has 0 aliphatic rings. The quantitative estimate of drug-likeness (QED) is 0.209. The standard InChI is InChI=1S/C16H30O7S.2H3N/c1-2-3-4-5-6-7-8-9-10-11-14-22-15(17)12-13-16(18)23-24(19,20)21;;/h2-14H2,1H3,(H,19,20,21);2*1H3. The van der Waals surface area contributed by atoms with Gasteiger partial charge in [-0.3, -0.25) is 14.1 Å². The van der Waals surface area contributed by atoms with Crippen LogP contribution in [0.2, 0.25) is 0 Å². The fourth-order valence-corrected chi connectivity index (χ4v) is 2.53. The molecule has 0 atom stereocenters. The first-order chi connectivity index (χ1) is 11.3. The molecule has 0 spiro atoms. The third-order valence-electron chi connectivity index (χ3n) is 3.49. The molecule has 158 valence electrons. The van der Waals surface area contributed by atoms with Gasteiger partial charge in [0.05, 0.1) is 19.4 Å². The molecule has 0 fully saturated rings. The van der Waals surface area contributed by atoms with Crippen LogP contribution in [0.3, 0.4) is 0 Å². The zero-order valence-electron chi connectivity index (χ0n) is 15.9. The highest BCUT2D eigenvalue weighted by Crippen LogP contribution is 2.10. The molecule has 0 saturated carbocycles. The number of carbonyl (C=O) groups is 2. The zero-order chi connectivity index (χ0) is 18.3. The van der Waals surface area contributed by atoms with Crippen LogP contribution in [0.5, 0.6) is 0 Å². The minimum atomic E-state index is -4.81. The van der Waals surface area contributed by atoms with Crippen molar-refractivity contribution in [2.24, 2.45) is 0 Å². The lowest BCUT2D eigenvalue weighted by molar-refractivity contribution is -0.147. The Morgan fingerprint density at radius 1 is 0.769 bits per heavy atom. The highest BCUT2D eigenvalue weighted by Gasteiger charge is 2.15. The summed E-state index contributed by atoms with van der Waals surface area (Å²) in [5, 5.41) is 0. The first-order valence-corrected chi connectivity index (χ1v) is 10.1. The molecular weight excluding hydrogens is 364 g/mol. The molecule has 0 rings (SSSR count). The fourth-order valence-electron chi connectivity index (χ4n) is 2.21. The number of carbonyl (C=O) groups excluding carboxylic acids is 2. The predicted octanol–water partition coefficient (Wildman–Crippen LogP) is 3.90. The van der Waals surface area contributed by atoms with Crippen molar-refractivity contribution in [3.63, 3.8) is 0 Å². The van der Waals surface area contributed by atoms with Gasteiger partial charge >= 0.3 is 22.3 Å². The first-order valence-electron chi connectivity index (χ1n) is 8.70. The monoisotopic (exact) mass is 400 g/mol. The van der Waals surface area contributed by atoms with Gasteiger partial charge < -0.3 is 21.2 Å². The van der Waals surface area contributed by atoms with Crippen molar-refractivity contribution in [3.8, 4) is 0 Å². The number of hydrogen-bond acceptors (Lipinski definition) is 8. The molecule has 9 nitrogen and oxygen atoms in total. The van der Waals surface area contributed by atoms with Crippen molar-refractivity contribution in [1.82, 2.24) is 12.3 Å². The topological polar surface area (TPSA) is 177 Å². The molecule has 0 amide bonds. The van der Waals surface area contributed by atoms with Crippen LogP contribution in [0.1, 0.15) is 84.0 Å². The van der Waals surface area contributed by atoms with E-state index in [0.717, 1.165) is 19.3 Å². The summed E-state index contributed by atoms with van der Waals surface area (Å²) in [7, 11) is -4.81. The second-order valence-corrected chi connectivity index (χ2v) is 6.81. The Morgan fingerprint density at radius 3 is 1.65 bits per heavy atom. The van der Waals surface area contributed by atoms with Crippen LogP contribution < -0.4 is 12.3 Å². The van der Waals surface area contributed by atoms with E-state index < -0.39 is 28.8 Å². The largest absolute Gasteiger partial charge is 0.466 e. The van der Waals surface area contributed by atoms with Crippen LogP contribution in [-0.2, 0) is 28.9 Å². The van der Waals surface area contributed by atoms with Crippen molar-refractivity contribution in [2.45, 2.75) is 84.0 Å². The summed E-state index contributed by atoms with van der Waals surface area (Å²) < 4.78 is 37.4. The highest BCUT2D eigenvalue weighted by atomic mass is 32.3. The van der Waals surface area contributed by atoms with Crippen molar-refractivity contribution < 1.29 is 31.5 Å². The third-order valence-corrected chi connectivity index (χ3v) is 3.89. The zero-order valence-corrected chi connectivity index (χ0v) is 16.7.